The Balaban J connectivity index is 1.87. The lowest BCUT2D eigenvalue weighted by Crippen LogP contribution is -2.10. The molecule has 4 rings (SSSR count). The molecule has 0 amide bonds. The lowest BCUT2D eigenvalue weighted by atomic mass is 10.1. The Kier molecular flexibility index (Phi) is 4.83. The Morgan fingerprint density at radius 3 is 2.31 bits per heavy atom. The molecule has 0 aliphatic heterocycles. The lowest BCUT2D eigenvalue weighted by molar-refractivity contribution is 0.297. The van der Waals surface area contributed by atoms with Crippen molar-refractivity contribution in [2.75, 3.05) is 7.11 Å². The normalized spacial score (nSPS) is 10.8. The molecule has 0 fully saturated rings. The molecule has 6 heteroatoms. The van der Waals surface area contributed by atoms with Crippen LogP contribution in [0.3, 0.4) is 0 Å². The molecule has 0 unspecified atom stereocenters. The number of ether oxygens (including phenoxy) is 2. The zero-order valence-electron chi connectivity index (χ0n) is 15.6. The van der Waals surface area contributed by atoms with Gasteiger partial charge in [0.05, 0.1) is 12.5 Å². The predicted octanol–water partition coefficient (Wildman–Crippen LogP) is 4.46. The summed E-state index contributed by atoms with van der Waals surface area (Å²) in [7, 11) is 1.56. The summed E-state index contributed by atoms with van der Waals surface area (Å²) in [5.41, 5.74) is 1.20. The first kappa shape index (κ1) is 18.4. The fourth-order valence-electron chi connectivity index (χ4n) is 2.99. The maximum absolute atomic E-state index is 13.1. The second-order valence-corrected chi connectivity index (χ2v) is 6.43. The zero-order valence-corrected chi connectivity index (χ0v) is 15.6. The number of phenolic OH excluding ortho intramolecular Hbond substituents is 2. The van der Waals surface area contributed by atoms with Gasteiger partial charge in [-0.25, -0.2) is 0 Å². The molecular formula is C23H18O6. The Labute approximate surface area is 166 Å². The third-order valence-corrected chi connectivity index (χ3v) is 4.52. The van der Waals surface area contributed by atoms with Crippen molar-refractivity contribution in [3.05, 3.63) is 82.5 Å². The summed E-state index contributed by atoms with van der Waals surface area (Å²) in [6, 6.07) is 18.8. The Bertz CT molecular complexity index is 1210. The summed E-state index contributed by atoms with van der Waals surface area (Å²) in [5, 5.41) is 19.7. The molecule has 4 aromatic rings. The van der Waals surface area contributed by atoms with Gasteiger partial charge in [-0.2, -0.15) is 0 Å². The van der Waals surface area contributed by atoms with Crippen molar-refractivity contribution in [3.8, 4) is 34.3 Å². The molecule has 29 heavy (non-hydrogen) atoms. The second-order valence-electron chi connectivity index (χ2n) is 6.43. The van der Waals surface area contributed by atoms with E-state index in [-0.39, 0.29) is 34.8 Å². The minimum atomic E-state index is -0.441. The fraction of sp³-hybridized carbons (Fsp3) is 0.0870. The van der Waals surface area contributed by atoms with Crippen molar-refractivity contribution >= 4 is 11.0 Å². The maximum Gasteiger partial charge on any atom is 0.235 e. The van der Waals surface area contributed by atoms with E-state index >= 15 is 0 Å². The van der Waals surface area contributed by atoms with Crippen LogP contribution in [0.1, 0.15) is 5.56 Å². The Morgan fingerprint density at radius 2 is 1.62 bits per heavy atom. The van der Waals surface area contributed by atoms with Crippen LogP contribution < -0.4 is 14.9 Å². The number of methoxy groups -OCH3 is 1. The van der Waals surface area contributed by atoms with E-state index in [0.717, 1.165) is 5.56 Å². The van der Waals surface area contributed by atoms with Gasteiger partial charge in [0.25, 0.3) is 0 Å². The van der Waals surface area contributed by atoms with Crippen LogP contribution in [0, 0.1) is 0 Å². The number of phenols is 2. The van der Waals surface area contributed by atoms with Gasteiger partial charge in [0.2, 0.25) is 11.2 Å². The molecule has 0 saturated carbocycles. The number of hydrogen-bond donors (Lipinski definition) is 2. The topological polar surface area (TPSA) is 89.1 Å². The summed E-state index contributed by atoms with van der Waals surface area (Å²) >= 11 is 0. The van der Waals surface area contributed by atoms with E-state index < -0.39 is 11.2 Å². The summed E-state index contributed by atoms with van der Waals surface area (Å²) in [6.45, 7) is 0.171. The standard InChI is InChI=1S/C23H18O6/c1-27-16-9-7-15(8-10-16)22-23(28-13-14-5-3-2-4-6-14)21(26)17-11-18(24)19(25)12-20(17)29-22/h2-12,24-25H,13H2,1H3. The van der Waals surface area contributed by atoms with Crippen molar-refractivity contribution in [2.24, 2.45) is 0 Å². The molecule has 0 aliphatic carbocycles. The van der Waals surface area contributed by atoms with Gasteiger partial charge in [-0.05, 0) is 35.9 Å². The summed E-state index contributed by atoms with van der Waals surface area (Å²) < 4.78 is 17.0. The molecular weight excluding hydrogens is 372 g/mol. The van der Waals surface area contributed by atoms with Crippen molar-refractivity contribution in [1.29, 1.82) is 0 Å². The molecule has 0 spiro atoms. The minimum Gasteiger partial charge on any atom is -0.504 e. The summed E-state index contributed by atoms with van der Waals surface area (Å²) in [5.74, 6) is 0.129. The van der Waals surface area contributed by atoms with E-state index in [9.17, 15) is 15.0 Å². The van der Waals surface area contributed by atoms with Crippen molar-refractivity contribution in [1.82, 2.24) is 0 Å². The van der Waals surface area contributed by atoms with Gasteiger partial charge in [0, 0.05) is 11.6 Å². The number of rotatable bonds is 5. The lowest BCUT2D eigenvalue weighted by Gasteiger charge is -2.12. The van der Waals surface area contributed by atoms with Crippen LogP contribution in [-0.2, 0) is 6.61 Å². The summed E-state index contributed by atoms with van der Waals surface area (Å²) in [6.07, 6.45) is 0. The van der Waals surface area contributed by atoms with E-state index in [1.165, 1.54) is 12.1 Å². The third kappa shape index (κ3) is 3.60. The van der Waals surface area contributed by atoms with Crippen LogP contribution in [0.25, 0.3) is 22.3 Å². The molecule has 0 saturated heterocycles. The van der Waals surface area contributed by atoms with E-state index in [0.29, 0.717) is 11.3 Å². The monoisotopic (exact) mass is 390 g/mol. The Morgan fingerprint density at radius 1 is 0.931 bits per heavy atom. The van der Waals surface area contributed by atoms with Gasteiger partial charge < -0.3 is 24.1 Å². The van der Waals surface area contributed by atoms with Crippen LogP contribution in [0.2, 0.25) is 0 Å². The number of aromatic hydroxyl groups is 2. The van der Waals surface area contributed by atoms with E-state index in [1.807, 2.05) is 30.3 Å². The summed E-state index contributed by atoms with van der Waals surface area (Å²) in [4.78, 5) is 13.1. The minimum absolute atomic E-state index is 0.0246. The van der Waals surface area contributed by atoms with Gasteiger partial charge in [0.1, 0.15) is 17.9 Å². The van der Waals surface area contributed by atoms with Gasteiger partial charge in [0.15, 0.2) is 17.3 Å². The van der Waals surface area contributed by atoms with Crippen LogP contribution in [0.4, 0.5) is 0 Å². The molecule has 146 valence electrons. The van der Waals surface area contributed by atoms with Crippen LogP contribution >= 0.6 is 0 Å². The van der Waals surface area contributed by atoms with Crippen LogP contribution in [0.15, 0.2) is 75.9 Å². The first-order valence-corrected chi connectivity index (χ1v) is 8.91. The number of fused-ring (bicyclic) bond motifs is 1. The highest BCUT2D eigenvalue weighted by molar-refractivity contribution is 5.85. The second kappa shape index (κ2) is 7.59. The first-order chi connectivity index (χ1) is 14.1. The molecule has 1 aromatic heterocycles. The third-order valence-electron chi connectivity index (χ3n) is 4.52. The quantitative estimate of drug-likeness (QED) is 0.489. The SMILES string of the molecule is COc1ccc(-c2oc3cc(O)c(O)cc3c(=O)c2OCc2ccccc2)cc1. The predicted molar refractivity (Wildman–Crippen MR) is 109 cm³/mol. The highest BCUT2D eigenvalue weighted by Gasteiger charge is 2.19. The van der Waals surface area contributed by atoms with Crippen molar-refractivity contribution in [2.45, 2.75) is 6.61 Å². The van der Waals surface area contributed by atoms with Gasteiger partial charge in [-0.15, -0.1) is 0 Å². The zero-order chi connectivity index (χ0) is 20.4. The first-order valence-electron chi connectivity index (χ1n) is 8.91. The highest BCUT2D eigenvalue weighted by atomic mass is 16.5. The molecule has 2 N–H and O–H groups in total. The highest BCUT2D eigenvalue weighted by Crippen LogP contribution is 2.36. The van der Waals surface area contributed by atoms with Crippen LogP contribution in [0.5, 0.6) is 23.0 Å². The van der Waals surface area contributed by atoms with Gasteiger partial charge in [-0.1, -0.05) is 30.3 Å². The van der Waals surface area contributed by atoms with Gasteiger partial charge in [-0.3, -0.25) is 4.79 Å². The van der Waals surface area contributed by atoms with E-state index in [4.69, 9.17) is 13.9 Å². The molecule has 1 heterocycles. The molecule has 0 aliphatic rings. The molecule has 0 radical (unpaired) electrons. The number of benzene rings is 3. The average molecular weight is 390 g/mol. The largest absolute Gasteiger partial charge is 0.504 e. The fourth-order valence-corrected chi connectivity index (χ4v) is 2.99. The Hall–Kier alpha value is -3.93. The molecule has 3 aromatic carbocycles. The van der Waals surface area contributed by atoms with Crippen molar-refractivity contribution in [3.63, 3.8) is 0 Å². The average Bonchev–Trinajstić information content (AvgIpc) is 2.75. The number of hydrogen-bond acceptors (Lipinski definition) is 6. The van der Waals surface area contributed by atoms with Crippen molar-refractivity contribution < 1.29 is 24.1 Å². The van der Waals surface area contributed by atoms with E-state index in [1.54, 1.807) is 31.4 Å². The smallest absolute Gasteiger partial charge is 0.235 e. The van der Waals surface area contributed by atoms with E-state index in [2.05, 4.69) is 0 Å². The molecule has 6 nitrogen and oxygen atoms in total. The molecule has 0 atom stereocenters. The molecule has 0 bridgehead atoms. The van der Waals surface area contributed by atoms with Gasteiger partial charge >= 0.3 is 0 Å². The maximum atomic E-state index is 13.1. The van der Waals surface area contributed by atoms with Crippen LogP contribution in [-0.4, -0.2) is 17.3 Å².